The van der Waals surface area contributed by atoms with Crippen LogP contribution in [0.15, 0.2) is 30.6 Å². The average Bonchev–Trinajstić information content (AvgIpc) is 2.73. The molecule has 1 aliphatic carbocycles. The SMILES string of the molecule is CC(=O)N[C@@H](C)c1ccc(OC2CCC(c3ncnc(OCC(C)(C)O)c3F)CC2)cc1. The number of aliphatic hydroxyl groups is 1. The largest absolute Gasteiger partial charge is 0.490 e. The lowest BCUT2D eigenvalue weighted by molar-refractivity contribution is -0.119. The van der Waals surface area contributed by atoms with Crippen molar-refractivity contribution >= 4 is 5.91 Å². The maximum absolute atomic E-state index is 14.9. The number of benzene rings is 1. The normalized spacial score (nSPS) is 19.8. The first-order valence-corrected chi connectivity index (χ1v) is 11.0. The van der Waals surface area contributed by atoms with E-state index in [4.69, 9.17) is 9.47 Å². The van der Waals surface area contributed by atoms with E-state index in [0.717, 1.165) is 37.0 Å². The number of carbonyl (C=O) groups excluding carboxylic acids is 1. The highest BCUT2D eigenvalue weighted by Crippen LogP contribution is 2.36. The number of ether oxygens (including phenoxy) is 2. The molecule has 0 bridgehead atoms. The second kappa shape index (κ2) is 10.3. The molecule has 0 saturated heterocycles. The molecule has 0 radical (unpaired) electrons. The van der Waals surface area contributed by atoms with Gasteiger partial charge in [0.25, 0.3) is 5.88 Å². The highest BCUT2D eigenvalue weighted by Gasteiger charge is 2.28. The first-order valence-electron chi connectivity index (χ1n) is 11.0. The second-order valence-electron chi connectivity index (χ2n) is 9.06. The van der Waals surface area contributed by atoms with Crippen molar-refractivity contribution in [3.05, 3.63) is 47.7 Å². The third kappa shape index (κ3) is 6.63. The van der Waals surface area contributed by atoms with E-state index in [9.17, 15) is 14.3 Å². The molecular formula is C24H32FN3O4. The molecule has 0 spiro atoms. The molecule has 8 heteroatoms. The topological polar surface area (TPSA) is 93.6 Å². The highest BCUT2D eigenvalue weighted by molar-refractivity contribution is 5.73. The predicted molar refractivity (Wildman–Crippen MR) is 118 cm³/mol. The summed E-state index contributed by atoms with van der Waals surface area (Å²) >= 11 is 0. The van der Waals surface area contributed by atoms with Gasteiger partial charge in [-0.2, -0.15) is 9.37 Å². The Morgan fingerprint density at radius 1 is 1.22 bits per heavy atom. The third-order valence-electron chi connectivity index (χ3n) is 5.51. The van der Waals surface area contributed by atoms with Crippen LogP contribution < -0.4 is 14.8 Å². The van der Waals surface area contributed by atoms with Crippen LogP contribution in [0.4, 0.5) is 4.39 Å². The minimum atomic E-state index is -1.08. The van der Waals surface area contributed by atoms with Crippen LogP contribution in [0, 0.1) is 5.82 Å². The Morgan fingerprint density at radius 2 is 1.88 bits per heavy atom. The number of nitrogens with one attached hydrogen (secondary N) is 1. The van der Waals surface area contributed by atoms with Gasteiger partial charge in [-0.1, -0.05) is 12.1 Å². The summed E-state index contributed by atoms with van der Waals surface area (Å²) in [6.45, 7) is 6.56. The van der Waals surface area contributed by atoms with Crippen molar-refractivity contribution in [3.63, 3.8) is 0 Å². The van der Waals surface area contributed by atoms with E-state index in [1.807, 2.05) is 31.2 Å². The van der Waals surface area contributed by atoms with Crippen LogP contribution in [0.3, 0.4) is 0 Å². The predicted octanol–water partition coefficient (Wildman–Crippen LogP) is 4.07. The fourth-order valence-corrected chi connectivity index (χ4v) is 3.87. The van der Waals surface area contributed by atoms with Gasteiger partial charge in [-0.3, -0.25) is 4.79 Å². The van der Waals surface area contributed by atoms with Crippen LogP contribution in [-0.4, -0.2) is 39.3 Å². The van der Waals surface area contributed by atoms with Gasteiger partial charge in [-0.25, -0.2) is 4.98 Å². The van der Waals surface area contributed by atoms with E-state index in [2.05, 4.69) is 15.3 Å². The van der Waals surface area contributed by atoms with Crippen LogP contribution in [-0.2, 0) is 4.79 Å². The van der Waals surface area contributed by atoms with Crippen LogP contribution in [0.2, 0.25) is 0 Å². The molecule has 1 heterocycles. The van der Waals surface area contributed by atoms with Crippen LogP contribution in [0.1, 0.15) is 76.6 Å². The van der Waals surface area contributed by atoms with Gasteiger partial charge in [-0.05, 0) is 64.2 Å². The zero-order valence-electron chi connectivity index (χ0n) is 19.1. The van der Waals surface area contributed by atoms with Crippen LogP contribution >= 0.6 is 0 Å². The summed E-state index contributed by atoms with van der Waals surface area (Å²) in [6, 6.07) is 7.67. The first-order chi connectivity index (χ1) is 15.1. The van der Waals surface area contributed by atoms with Gasteiger partial charge in [0.15, 0.2) is 0 Å². The number of hydrogen-bond acceptors (Lipinski definition) is 6. The number of nitrogens with zero attached hydrogens (tertiary/aromatic N) is 2. The Labute approximate surface area is 188 Å². The summed E-state index contributed by atoms with van der Waals surface area (Å²) in [4.78, 5) is 19.3. The average molecular weight is 446 g/mol. The van der Waals surface area contributed by atoms with E-state index in [0.29, 0.717) is 5.69 Å². The number of carbonyl (C=O) groups is 1. The summed E-state index contributed by atoms with van der Waals surface area (Å²) in [6.07, 6.45) is 4.45. The molecule has 1 aromatic heterocycles. The minimum absolute atomic E-state index is 0.0248. The highest BCUT2D eigenvalue weighted by atomic mass is 19.1. The molecule has 174 valence electrons. The van der Waals surface area contributed by atoms with E-state index in [-0.39, 0.29) is 36.5 Å². The summed E-state index contributed by atoms with van der Waals surface area (Å²) < 4.78 is 26.3. The smallest absolute Gasteiger partial charge is 0.253 e. The van der Waals surface area contributed by atoms with E-state index >= 15 is 0 Å². The number of rotatable bonds is 8. The first kappa shape index (κ1) is 23.9. The molecule has 1 aromatic carbocycles. The molecule has 2 aromatic rings. The number of halogens is 1. The molecular weight excluding hydrogens is 413 g/mol. The van der Waals surface area contributed by atoms with Crippen LogP contribution in [0.5, 0.6) is 11.6 Å². The van der Waals surface area contributed by atoms with Gasteiger partial charge in [0.2, 0.25) is 11.7 Å². The van der Waals surface area contributed by atoms with Crippen molar-refractivity contribution in [1.82, 2.24) is 15.3 Å². The minimum Gasteiger partial charge on any atom is -0.490 e. The van der Waals surface area contributed by atoms with Crippen molar-refractivity contribution in [2.75, 3.05) is 6.61 Å². The Bertz CT molecular complexity index is 906. The molecule has 0 unspecified atom stereocenters. The molecule has 7 nitrogen and oxygen atoms in total. The lowest BCUT2D eigenvalue weighted by Gasteiger charge is -2.29. The summed E-state index contributed by atoms with van der Waals surface area (Å²) in [5.74, 6) is 0.0191. The van der Waals surface area contributed by atoms with Gasteiger partial charge in [0.05, 0.1) is 23.4 Å². The molecule has 1 aliphatic rings. The van der Waals surface area contributed by atoms with Crippen molar-refractivity contribution in [2.24, 2.45) is 0 Å². The van der Waals surface area contributed by atoms with Crippen molar-refractivity contribution < 1.29 is 23.8 Å². The molecule has 1 amide bonds. The number of amides is 1. The van der Waals surface area contributed by atoms with Crippen molar-refractivity contribution in [2.45, 2.75) is 77.0 Å². The standard InChI is InChI=1S/C24H32FN3O4/c1-15(28-16(2)29)17-5-9-19(10-6-17)32-20-11-7-18(8-12-20)22-21(25)23(27-14-26-22)31-13-24(3,4)30/h5-6,9-10,14-15,18,20,30H,7-8,11-13H2,1-4H3,(H,28,29)/t15-,18?,20?/m0/s1. The van der Waals surface area contributed by atoms with Gasteiger partial charge in [0.1, 0.15) is 18.7 Å². The maximum atomic E-state index is 14.9. The lowest BCUT2D eigenvalue weighted by Crippen LogP contribution is -2.28. The number of hydrogen-bond donors (Lipinski definition) is 2. The fraction of sp³-hybridized carbons (Fsp3) is 0.542. The molecule has 0 aliphatic heterocycles. The maximum Gasteiger partial charge on any atom is 0.253 e. The number of aromatic nitrogens is 2. The molecule has 1 saturated carbocycles. The van der Waals surface area contributed by atoms with Gasteiger partial charge in [0, 0.05) is 12.8 Å². The molecule has 1 atom stereocenters. The van der Waals surface area contributed by atoms with Gasteiger partial charge in [-0.15, -0.1) is 0 Å². The zero-order valence-corrected chi connectivity index (χ0v) is 19.1. The Balaban J connectivity index is 1.55. The third-order valence-corrected chi connectivity index (χ3v) is 5.51. The molecule has 2 N–H and O–H groups in total. The van der Waals surface area contributed by atoms with Gasteiger partial charge >= 0.3 is 0 Å². The van der Waals surface area contributed by atoms with Crippen molar-refractivity contribution in [1.29, 1.82) is 0 Å². The van der Waals surface area contributed by atoms with E-state index in [1.165, 1.54) is 13.3 Å². The molecule has 3 rings (SSSR count). The molecule has 1 fully saturated rings. The summed E-state index contributed by atoms with van der Waals surface area (Å²) in [5, 5.41) is 12.7. The Hall–Kier alpha value is -2.74. The van der Waals surface area contributed by atoms with E-state index in [1.54, 1.807) is 13.8 Å². The lowest BCUT2D eigenvalue weighted by atomic mass is 9.85. The van der Waals surface area contributed by atoms with Crippen molar-refractivity contribution in [3.8, 4) is 11.6 Å². The quantitative estimate of drug-likeness (QED) is 0.636. The molecule has 32 heavy (non-hydrogen) atoms. The van der Waals surface area contributed by atoms with Gasteiger partial charge < -0.3 is 19.9 Å². The monoisotopic (exact) mass is 445 g/mol. The zero-order chi connectivity index (χ0) is 23.3. The fourth-order valence-electron chi connectivity index (χ4n) is 3.87. The van der Waals surface area contributed by atoms with Crippen LogP contribution in [0.25, 0.3) is 0 Å². The van der Waals surface area contributed by atoms with E-state index < -0.39 is 11.4 Å². The Morgan fingerprint density at radius 3 is 2.47 bits per heavy atom. The summed E-state index contributed by atoms with van der Waals surface area (Å²) in [7, 11) is 0. The Kier molecular flexibility index (Phi) is 7.66. The summed E-state index contributed by atoms with van der Waals surface area (Å²) in [5.41, 5.74) is 0.297. The second-order valence-corrected chi connectivity index (χ2v) is 9.06.